The van der Waals surface area contributed by atoms with Crippen molar-refractivity contribution in [3.05, 3.63) is 28.8 Å². The summed E-state index contributed by atoms with van der Waals surface area (Å²) < 4.78 is 39.0. The first-order valence-corrected chi connectivity index (χ1v) is 11.6. The molecule has 4 aliphatic rings. The molecule has 0 aromatic carbocycles. The van der Waals surface area contributed by atoms with Gasteiger partial charge in [0.2, 0.25) is 10.0 Å². The lowest BCUT2D eigenvalue weighted by molar-refractivity contribution is -0.0824. The van der Waals surface area contributed by atoms with E-state index >= 15 is 0 Å². The molecule has 1 saturated carbocycles. The molecule has 1 N–H and O–H groups in total. The van der Waals surface area contributed by atoms with E-state index in [1.54, 1.807) is 4.90 Å². The summed E-state index contributed by atoms with van der Waals surface area (Å²) >= 11 is 6.06. The van der Waals surface area contributed by atoms with Crippen LogP contribution in [0.1, 0.15) is 25.0 Å². The van der Waals surface area contributed by atoms with Gasteiger partial charge in [0, 0.05) is 31.6 Å². The molecule has 3 aliphatic heterocycles. The monoisotopic (exact) mass is 428 g/mol. The van der Waals surface area contributed by atoms with Crippen LogP contribution < -0.4 is 4.72 Å². The van der Waals surface area contributed by atoms with Crippen molar-refractivity contribution in [1.29, 1.82) is 0 Å². The molecule has 4 heterocycles. The SMILES string of the molecule is O=C(N1CC2(CC(Cc3ncc(F)cc3Cl)C2)C1)N1CC2(CCS(=O)(=O)N2)C1. The standard InChI is InChI=1S/C18H22ClFN4O3S/c19-14-4-13(20)7-21-15(14)3-12-5-17(6-12)8-23(9-17)16(25)24-10-18(11-24)1-2-28(26,27)22-18/h4,7,12,22H,1-3,5-6,8-11H2. The Morgan fingerprint density at radius 1 is 1.29 bits per heavy atom. The quantitative estimate of drug-likeness (QED) is 0.776. The van der Waals surface area contributed by atoms with Crippen LogP contribution in [0, 0.1) is 17.2 Å². The zero-order valence-corrected chi connectivity index (χ0v) is 16.9. The van der Waals surface area contributed by atoms with Crippen molar-refractivity contribution in [2.75, 3.05) is 31.9 Å². The predicted octanol–water partition coefficient (Wildman–Crippen LogP) is 1.63. The molecular formula is C18H22ClFN4O3S. The van der Waals surface area contributed by atoms with Crippen LogP contribution in [0.15, 0.2) is 12.3 Å². The molecule has 2 amide bonds. The largest absolute Gasteiger partial charge is 0.323 e. The van der Waals surface area contributed by atoms with Crippen molar-refractivity contribution in [1.82, 2.24) is 19.5 Å². The van der Waals surface area contributed by atoms with Crippen molar-refractivity contribution >= 4 is 27.7 Å². The first-order valence-electron chi connectivity index (χ1n) is 9.52. The van der Waals surface area contributed by atoms with Crippen LogP contribution >= 0.6 is 11.6 Å². The average Bonchev–Trinajstić information content (AvgIpc) is 2.84. The van der Waals surface area contributed by atoms with E-state index in [0.29, 0.717) is 30.5 Å². The molecule has 10 heteroatoms. The lowest BCUT2D eigenvalue weighted by Crippen LogP contribution is -2.73. The number of likely N-dealkylation sites (tertiary alicyclic amines) is 2. The smallest absolute Gasteiger partial charge is 0.320 e. The van der Waals surface area contributed by atoms with Gasteiger partial charge in [-0.2, -0.15) is 0 Å². The van der Waals surface area contributed by atoms with E-state index in [1.807, 2.05) is 4.90 Å². The van der Waals surface area contributed by atoms with Gasteiger partial charge < -0.3 is 9.80 Å². The van der Waals surface area contributed by atoms with E-state index in [4.69, 9.17) is 11.6 Å². The fourth-order valence-electron chi connectivity index (χ4n) is 5.34. The number of nitrogens with zero attached hydrogens (tertiary/aromatic N) is 3. The minimum Gasteiger partial charge on any atom is -0.323 e. The van der Waals surface area contributed by atoms with Crippen LogP contribution in [0.25, 0.3) is 0 Å². The number of hydrogen-bond donors (Lipinski definition) is 1. The molecule has 7 nitrogen and oxygen atoms in total. The van der Waals surface area contributed by atoms with Gasteiger partial charge in [-0.1, -0.05) is 11.6 Å². The fraction of sp³-hybridized carbons (Fsp3) is 0.667. The summed E-state index contributed by atoms with van der Waals surface area (Å²) in [6.45, 7) is 2.43. The number of pyridine rings is 1. The number of nitrogens with one attached hydrogen (secondary N) is 1. The minimum absolute atomic E-state index is 0.00837. The summed E-state index contributed by atoms with van der Waals surface area (Å²) in [5.41, 5.74) is 0.504. The first kappa shape index (κ1) is 18.6. The van der Waals surface area contributed by atoms with Gasteiger partial charge in [0.1, 0.15) is 5.82 Å². The molecular weight excluding hydrogens is 407 g/mol. The number of amides is 2. The Balaban J connectivity index is 1.09. The van der Waals surface area contributed by atoms with E-state index in [0.717, 1.165) is 38.0 Å². The fourth-order valence-corrected chi connectivity index (χ4v) is 7.22. The van der Waals surface area contributed by atoms with Gasteiger partial charge in [0.15, 0.2) is 0 Å². The number of rotatable bonds is 2. The summed E-state index contributed by atoms with van der Waals surface area (Å²) in [5.74, 6) is 0.189. The Bertz CT molecular complexity index is 936. The molecule has 4 fully saturated rings. The Labute approximate surface area is 168 Å². The number of hydrogen-bond acceptors (Lipinski definition) is 4. The summed E-state index contributed by atoms with van der Waals surface area (Å²) in [7, 11) is -3.16. The van der Waals surface area contributed by atoms with Crippen LogP contribution in [-0.4, -0.2) is 66.7 Å². The molecule has 28 heavy (non-hydrogen) atoms. The van der Waals surface area contributed by atoms with Gasteiger partial charge >= 0.3 is 6.03 Å². The van der Waals surface area contributed by atoms with E-state index in [2.05, 4.69) is 9.71 Å². The number of carbonyl (C=O) groups excluding carboxylic acids is 1. The maximum atomic E-state index is 13.1. The molecule has 0 bridgehead atoms. The zero-order valence-electron chi connectivity index (χ0n) is 15.3. The van der Waals surface area contributed by atoms with Gasteiger partial charge in [0.25, 0.3) is 0 Å². The van der Waals surface area contributed by atoms with E-state index in [9.17, 15) is 17.6 Å². The van der Waals surface area contributed by atoms with Crippen molar-refractivity contribution in [2.45, 2.75) is 31.2 Å². The van der Waals surface area contributed by atoms with Crippen LogP contribution in [0.2, 0.25) is 5.02 Å². The van der Waals surface area contributed by atoms with E-state index in [-0.39, 0.29) is 17.2 Å². The van der Waals surface area contributed by atoms with Crippen molar-refractivity contribution in [2.24, 2.45) is 11.3 Å². The molecule has 1 aliphatic carbocycles. The summed E-state index contributed by atoms with van der Waals surface area (Å²) in [6.07, 6.45) is 4.56. The van der Waals surface area contributed by atoms with Gasteiger partial charge in [-0.3, -0.25) is 4.98 Å². The van der Waals surface area contributed by atoms with Crippen LogP contribution in [-0.2, 0) is 16.4 Å². The molecule has 5 rings (SSSR count). The average molecular weight is 429 g/mol. The van der Waals surface area contributed by atoms with Crippen molar-refractivity contribution in [3.63, 3.8) is 0 Å². The second-order valence-electron chi connectivity index (χ2n) is 9.01. The molecule has 0 atom stereocenters. The van der Waals surface area contributed by atoms with Gasteiger partial charge in [0.05, 0.1) is 28.2 Å². The van der Waals surface area contributed by atoms with Gasteiger partial charge in [-0.15, -0.1) is 0 Å². The lowest BCUT2D eigenvalue weighted by Gasteiger charge is -2.61. The van der Waals surface area contributed by atoms with Crippen LogP contribution in [0.3, 0.4) is 0 Å². The highest BCUT2D eigenvalue weighted by molar-refractivity contribution is 7.89. The second kappa shape index (κ2) is 6.03. The molecule has 0 radical (unpaired) electrons. The molecule has 0 unspecified atom stereocenters. The van der Waals surface area contributed by atoms with Crippen molar-refractivity contribution < 1.29 is 17.6 Å². The highest BCUT2D eigenvalue weighted by Gasteiger charge is 2.57. The van der Waals surface area contributed by atoms with Gasteiger partial charge in [-0.05, 0) is 37.7 Å². The number of urea groups is 1. The number of carbonyl (C=O) groups is 1. The summed E-state index contributed by atoms with van der Waals surface area (Å²) in [5, 5.41) is 0.376. The lowest BCUT2D eigenvalue weighted by atomic mass is 9.57. The maximum Gasteiger partial charge on any atom is 0.320 e. The van der Waals surface area contributed by atoms with Crippen LogP contribution in [0.5, 0.6) is 0 Å². The van der Waals surface area contributed by atoms with Crippen LogP contribution in [0.4, 0.5) is 9.18 Å². The maximum absolute atomic E-state index is 13.1. The number of halogens is 2. The molecule has 1 aromatic rings. The minimum atomic E-state index is -3.16. The third-order valence-corrected chi connectivity index (χ3v) is 8.42. The predicted molar refractivity (Wildman–Crippen MR) is 101 cm³/mol. The highest BCUT2D eigenvalue weighted by Crippen LogP contribution is 2.53. The topological polar surface area (TPSA) is 82.6 Å². The molecule has 2 spiro atoms. The number of sulfonamides is 1. The van der Waals surface area contributed by atoms with E-state index in [1.165, 1.54) is 12.3 Å². The Kier molecular flexibility index (Phi) is 4.00. The molecule has 3 saturated heterocycles. The third kappa shape index (κ3) is 3.07. The zero-order chi connectivity index (χ0) is 19.7. The second-order valence-corrected chi connectivity index (χ2v) is 11.3. The summed E-state index contributed by atoms with van der Waals surface area (Å²) in [4.78, 5) is 20.3. The Hall–Kier alpha value is -1.45. The Morgan fingerprint density at radius 3 is 2.57 bits per heavy atom. The molecule has 1 aromatic heterocycles. The van der Waals surface area contributed by atoms with E-state index < -0.39 is 21.4 Å². The Morgan fingerprint density at radius 2 is 1.96 bits per heavy atom. The van der Waals surface area contributed by atoms with Gasteiger partial charge in [-0.25, -0.2) is 22.3 Å². The molecule has 152 valence electrons. The van der Waals surface area contributed by atoms with Crippen molar-refractivity contribution in [3.8, 4) is 0 Å². The number of aromatic nitrogens is 1. The third-order valence-electron chi connectivity index (χ3n) is 6.61. The summed E-state index contributed by atoms with van der Waals surface area (Å²) in [6, 6.07) is 1.31. The first-order chi connectivity index (χ1) is 13.2. The highest BCUT2D eigenvalue weighted by atomic mass is 35.5. The normalized spacial score (nSPS) is 26.8.